The minimum absolute atomic E-state index is 0.0660. The van der Waals surface area contributed by atoms with Crippen LogP contribution in [0.3, 0.4) is 0 Å². The molecule has 3 aromatic carbocycles. The summed E-state index contributed by atoms with van der Waals surface area (Å²) in [6, 6.07) is 8.02. The van der Waals surface area contributed by atoms with Gasteiger partial charge in [0.1, 0.15) is 0 Å². The molecule has 180 valence electrons. The lowest BCUT2D eigenvalue weighted by Crippen LogP contribution is -2.14. The van der Waals surface area contributed by atoms with Crippen LogP contribution in [0.5, 0.6) is 28.7 Å². The number of carboxylic acid groups (broad SMARTS) is 1. The van der Waals surface area contributed by atoms with Crippen molar-refractivity contribution in [2.75, 3.05) is 42.2 Å². The zero-order valence-electron chi connectivity index (χ0n) is 19.8. The number of carbonyl (C=O) groups excluding carboxylic acids is 1. The summed E-state index contributed by atoms with van der Waals surface area (Å²) >= 11 is 0. The highest BCUT2D eigenvalue weighted by atomic mass is 16.5. The van der Waals surface area contributed by atoms with Crippen molar-refractivity contribution in [3.05, 3.63) is 41.5 Å². The van der Waals surface area contributed by atoms with Crippen molar-refractivity contribution in [3.63, 3.8) is 0 Å². The summed E-state index contributed by atoms with van der Waals surface area (Å²) in [7, 11) is 7.37. The molecule has 0 aliphatic carbocycles. The van der Waals surface area contributed by atoms with Crippen LogP contribution in [0.4, 0.5) is 0 Å². The molecule has 0 atom stereocenters. The molecule has 0 aromatic heterocycles. The highest BCUT2D eigenvalue weighted by Gasteiger charge is 2.28. The third-order valence-corrected chi connectivity index (χ3v) is 5.31. The van der Waals surface area contributed by atoms with E-state index in [0.29, 0.717) is 50.6 Å². The fraction of sp³-hybridized carbons (Fsp3) is 0.280. The number of rotatable bonds is 9. The maximum Gasteiger partial charge on any atom is 0.339 e. The van der Waals surface area contributed by atoms with Gasteiger partial charge in [0.05, 0.1) is 53.3 Å². The summed E-state index contributed by atoms with van der Waals surface area (Å²) in [5.74, 6) is -0.229. The van der Waals surface area contributed by atoms with E-state index < -0.39 is 11.9 Å². The van der Waals surface area contributed by atoms with Gasteiger partial charge < -0.3 is 33.5 Å². The molecule has 0 bridgehead atoms. The Hall–Kier alpha value is -4.14. The number of methoxy groups -OCH3 is 5. The molecule has 3 rings (SSSR count). The van der Waals surface area contributed by atoms with Crippen molar-refractivity contribution in [1.29, 1.82) is 0 Å². The number of carbonyl (C=O) groups is 2. The van der Waals surface area contributed by atoms with Gasteiger partial charge in [0, 0.05) is 5.56 Å². The summed E-state index contributed by atoms with van der Waals surface area (Å²) in [5, 5.41) is 11.1. The zero-order chi connectivity index (χ0) is 25.0. The smallest absolute Gasteiger partial charge is 0.339 e. The largest absolute Gasteiger partial charge is 0.493 e. The number of carboxylic acids is 1. The van der Waals surface area contributed by atoms with Crippen LogP contribution in [0.1, 0.15) is 27.6 Å². The van der Waals surface area contributed by atoms with E-state index >= 15 is 0 Å². The third-order valence-electron chi connectivity index (χ3n) is 5.31. The fourth-order valence-electron chi connectivity index (χ4n) is 3.84. The molecular weight excluding hydrogens is 444 g/mol. The first-order valence-electron chi connectivity index (χ1n) is 10.3. The molecule has 0 unspecified atom stereocenters. The van der Waals surface area contributed by atoms with Crippen molar-refractivity contribution in [1.82, 2.24) is 0 Å². The summed E-state index contributed by atoms with van der Waals surface area (Å²) in [6.45, 7) is 1.71. The lowest BCUT2D eigenvalue weighted by molar-refractivity contribution is 0.0515. The van der Waals surface area contributed by atoms with E-state index in [0.717, 1.165) is 0 Å². The molecular formula is C25H26O9. The van der Waals surface area contributed by atoms with E-state index in [4.69, 9.17) is 28.4 Å². The first-order chi connectivity index (χ1) is 16.3. The van der Waals surface area contributed by atoms with Gasteiger partial charge in [-0.1, -0.05) is 0 Å². The van der Waals surface area contributed by atoms with Gasteiger partial charge in [-0.2, -0.15) is 0 Å². The Kier molecular flexibility index (Phi) is 7.35. The van der Waals surface area contributed by atoms with E-state index in [1.165, 1.54) is 41.6 Å². The second-order valence-electron chi connectivity index (χ2n) is 7.04. The van der Waals surface area contributed by atoms with Crippen molar-refractivity contribution in [2.24, 2.45) is 0 Å². The Morgan fingerprint density at radius 1 is 0.765 bits per heavy atom. The van der Waals surface area contributed by atoms with Crippen molar-refractivity contribution in [2.45, 2.75) is 6.92 Å². The SMILES string of the molecule is CCOC(=O)c1c(C(=O)O)cc2cc(OC)c(OC)cc2c1-c1cc(OC)c(OC)c(OC)c1. The van der Waals surface area contributed by atoms with Crippen LogP contribution in [0.25, 0.3) is 21.9 Å². The lowest BCUT2D eigenvalue weighted by Gasteiger charge is -2.19. The lowest BCUT2D eigenvalue weighted by atomic mass is 9.89. The van der Waals surface area contributed by atoms with Gasteiger partial charge in [-0.25, -0.2) is 9.59 Å². The van der Waals surface area contributed by atoms with Gasteiger partial charge in [-0.3, -0.25) is 0 Å². The predicted molar refractivity (Wildman–Crippen MR) is 125 cm³/mol. The molecule has 0 radical (unpaired) electrons. The van der Waals surface area contributed by atoms with Crippen LogP contribution in [0.15, 0.2) is 30.3 Å². The second kappa shape index (κ2) is 10.2. The molecule has 0 fully saturated rings. The predicted octanol–water partition coefficient (Wildman–Crippen LogP) is 4.42. The number of aromatic carboxylic acids is 1. The molecule has 3 aromatic rings. The fourth-order valence-corrected chi connectivity index (χ4v) is 3.84. The molecule has 0 heterocycles. The van der Waals surface area contributed by atoms with Crippen molar-refractivity contribution in [3.8, 4) is 39.9 Å². The number of benzene rings is 3. The summed E-state index contributed by atoms with van der Waals surface area (Å²) < 4.78 is 32.5. The minimum atomic E-state index is -1.28. The average molecular weight is 470 g/mol. The Morgan fingerprint density at radius 2 is 1.32 bits per heavy atom. The maximum absolute atomic E-state index is 13.1. The maximum atomic E-state index is 13.1. The number of fused-ring (bicyclic) bond motifs is 1. The standard InChI is InChI=1S/C25H26O9/c1-7-34-25(28)22-16(24(26)27)8-13-9-17(29-2)18(30-3)12-15(13)21(22)14-10-19(31-4)23(33-6)20(11-14)32-5/h8-12H,7H2,1-6H3,(H,26,27). The van der Waals surface area contributed by atoms with Crippen LogP contribution in [0, 0.1) is 0 Å². The van der Waals surface area contributed by atoms with E-state index in [-0.39, 0.29) is 17.7 Å². The Labute approximate surface area is 196 Å². The third kappa shape index (κ3) is 4.24. The molecule has 0 saturated carbocycles. The summed E-state index contributed by atoms with van der Waals surface area (Å²) in [6.07, 6.45) is 0. The number of hydrogen-bond acceptors (Lipinski definition) is 8. The number of hydrogen-bond donors (Lipinski definition) is 1. The summed E-state index contributed by atoms with van der Waals surface area (Å²) in [5.41, 5.74) is 0.441. The molecule has 9 nitrogen and oxygen atoms in total. The molecule has 9 heteroatoms. The number of esters is 1. The van der Waals surface area contributed by atoms with Gasteiger partial charge >= 0.3 is 11.9 Å². The topological polar surface area (TPSA) is 110 Å². The van der Waals surface area contributed by atoms with E-state index in [9.17, 15) is 14.7 Å². The van der Waals surface area contributed by atoms with Crippen molar-refractivity contribution < 1.29 is 43.1 Å². The molecule has 34 heavy (non-hydrogen) atoms. The Balaban J connectivity index is 2.58. The van der Waals surface area contributed by atoms with Crippen molar-refractivity contribution >= 4 is 22.7 Å². The van der Waals surface area contributed by atoms with E-state index in [2.05, 4.69) is 0 Å². The van der Waals surface area contributed by atoms with Gasteiger partial charge in [-0.05, 0) is 53.6 Å². The molecule has 0 saturated heterocycles. The highest BCUT2D eigenvalue weighted by Crippen LogP contribution is 2.46. The van der Waals surface area contributed by atoms with Gasteiger partial charge in [0.2, 0.25) is 5.75 Å². The molecule has 0 aliphatic heterocycles. The Bertz CT molecular complexity index is 1220. The van der Waals surface area contributed by atoms with Gasteiger partial charge in [-0.15, -0.1) is 0 Å². The Morgan fingerprint density at radius 3 is 1.79 bits per heavy atom. The minimum Gasteiger partial charge on any atom is -0.493 e. The van der Waals surface area contributed by atoms with Crippen LogP contribution in [-0.2, 0) is 4.74 Å². The molecule has 0 spiro atoms. The monoisotopic (exact) mass is 470 g/mol. The first kappa shape index (κ1) is 24.5. The van der Waals surface area contributed by atoms with Gasteiger partial charge in [0.25, 0.3) is 0 Å². The van der Waals surface area contributed by atoms with Gasteiger partial charge in [0.15, 0.2) is 23.0 Å². The van der Waals surface area contributed by atoms with Crippen LogP contribution in [0.2, 0.25) is 0 Å². The molecule has 0 aliphatic rings. The second-order valence-corrected chi connectivity index (χ2v) is 7.04. The number of ether oxygens (including phenoxy) is 6. The van der Waals surface area contributed by atoms with Crippen LogP contribution >= 0.6 is 0 Å². The average Bonchev–Trinajstić information content (AvgIpc) is 2.85. The normalized spacial score (nSPS) is 10.5. The van der Waals surface area contributed by atoms with Crippen LogP contribution < -0.4 is 23.7 Å². The quantitative estimate of drug-likeness (QED) is 0.454. The summed E-state index contributed by atoms with van der Waals surface area (Å²) in [4.78, 5) is 25.3. The zero-order valence-corrected chi connectivity index (χ0v) is 19.8. The molecule has 1 N–H and O–H groups in total. The van der Waals surface area contributed by atoms with Crippen LogP contribution in [-0.4, -0.2) is 59.2 Å². The first-order valence-corrected chi connectivity index (χ1v) is 10.3. The van der Waals surface area contributed by atoms with E-state index in [1.54, 1.807) is 31.2 Å². The van der Waals surface area contributed by atoms with E-state index in [1.807, 2.05) is 0 Å². The highest BCUT2D eigenvalue weighted by molar-refractivity contribution is 6.15. The molecule has 0 amide bonds.